The van der Waals surface area contributed by atoms with Crippen molar-refractivity contribution in [2.24, 2.45) is 0 Å². The third-order valence-corrected chi connectivity index (χ3v) is 5.31. The van der Waals surface area contributed by atoms with E-state index in [1.807, 2.05) is 32.0 Å². The van der Waals surface area contributed by atoms with Gasteiger partial charge >= 0.3 is 0 Å². The minimum atomic E-state index is -0.434. The molecule has 1 fully saturated rings. The number of nitrogens with one attached hydrogen (secondary N) is 1. The van der Waals surface area contributed by atoms with Crippen molar-refractivity contribution in [1.29, 1.82) is 0 Å². The van der Waals surface area contributed by atoms with Crippen molar-refractivity contribution in [3.63, 3.8) is 0 Å². The number of nitrogens with zero attached hydrogens (tertiary/aromatic N) is 1. The molecule has 0 aromatic heterocycles. The average molecular weight is 494 g/mol. The van der Waals surface area contributed by atoms with Crippen molar-refractivity contribution >= 4 is 55.4 Å². The molecule has 27 heavy (non-hydrogen) atoms. The van der Waals surface area contributed by atoms with Crippen LogP contribution in [0.3, 0.4) is 0 Å². The van der Waals surface area contributed by atoms with Crippen LogP contribution in [0.15, 0.2) is 57.0 Å². The number of carbonyl (C=O) groups is 2. The SMILES string of the molecule is CC[C@H](C)Oc1c(Br)cc(/C=C2/C(=O)NN(c3ccccc3)C2=O)cc1Br. The summed E-state index contributed by atoms with van der Waals surface area (Å²) >= 11 is 7.01. The summed E-state index contributed by atoms with van der Waals surface area (Å²) in [6.45, 7) is 4.04. The number of halogens is 2. The maximum absolute atomic E-state index is 12.7. The molecule has 2 aromatic rings. The lowest BCUT2D eigenvalue weighted by Crippen LogP contribution is -2.35. The Morgan fingerprint density at radius 1 is 1.15 bits per heavy atom. The zero-order valence-corrected chi connectivity index (χ0v) is 18.0. The van der Waals surface area contributed by atoms with Crippen LogP contribution < -0.4 is 15.2 Å². The minimum absolute atomic E-state index is 0.0726. The molecular weight excluding hydrogens is 476 g/mol. The van der Waals surface area contributed by atoms with Crippen molar-refractivity contribution in [2.45, 2.75) is 26.4 Å². The Bertz CT molecular complexity index is 890. The molecule has 5 nitrogen and oxygen atoms in total. The monoisotopic (exact) mass is 492 g/mol. The van der Waals surface area contributed by atoms with Gasteiger partial charge < -0.3 is 4.74 Å². The Balaban J connectivity index is 1.90. The highest BCUT2D eigenvalue weighted by Gasteiger charge is 2.34. The summed E-state index contributed by atoms with van der Waals surface area (Å²) in [5, 5.41) is 1.25. The van der Waals surface area contributed by atoms with Crippen LogP contribution in [-0.4, -0.2) is 17.9 Å². The second kappa shape index (κ2) is 8.27. The van der Waals surface area contributed by atoms with Gasteiger partial charge in [0, 0.05) is 0 Å². The first kappa shape index (κ1) is 19.6. The molecule has 140 valence electrons. The zero-order chi connectivity index (χ0) is 19.6. The van der Waals surface area contributed by atoms with Crippen LogP contribution in [0, 0.1) is 0 Å². The van der Waals surface area contributed by atoms with Crippen LogP contribution in [0.1, 0.15) is 25.8 Å². The maximum Gasteiger partial charge on any atom is 0.282 e. The Kier molecular flexibility index (Phi) is 6.01. The number of benzene rings is 2. The third kappa shape index (κ3) is 4.25. The van der Waals surface area contributed by atoms with Crippen molar-refractivity contribution < 1.29 is 14.3 Å². The van der Waals surface area contributed by atoms with Crippen LogP contribution in [0.4, 0.5) is 5.69 Å². The number of hydrogen-bond donors (Lipinski definition) is 1. The number of hydrazine groups is 1. The van der Waals surface area contributed by atoms with E-state index in [0.717, 1.165) is 15.4 Å². The van der Waals surface area contributed by atoms with Crippen LogP contribution in [0.2, 0.25) is 0 Å². The first-order valence-electron chi connectivity index (χ1n) is 8.48. The predicted molar refractivity (Wildman–Crippen MR) is 112 cm³/mol. The first-order chi connectivity index (χ1) is 12.9. The molecule has 2 amide bonds. The summed E-state index contributed by atoms with van der Waals surface area (Å²) in [7, 11) is 0. The van der Waals surface area contributed by atoms with Crippen LogP contribution in [-0.2, 0) is 9.59 Å². The van der Waals surface area contributed by atoms with E-state index in [4.69, 9.17) is 4.74 Å². The molecule has 1 aliphatic heterocycles. The lowest BCUT2D eigenvalue weighted by atomic mass is 10.1. The highest BCUT2D eigenvalue weighted by atomic mass is 79.9. The highest BCUT2D eigenvalue weighted by Crippen LogP contribution is 2.36. The molecular formula is C20H18Br2N2O3. The van der Waals surface area contributed by atoms with E-state index in [1.165, 1.54) is 5.01 Å². The van der Waals surface area contributed by atoms with E-state index in [1.54, 1.807) is 30.3 Å². The molecule has 0 bridgehead atoms. The van der Waals surface area contributed by atoms with Gasteiger partial charge in [0.05, 0.1) is 20.7 Å². The molecule has 0 unspecified atom stereocenters. The topological polar surface area (TPSA) is 58.6 Å². The predicted octanol–water partition coefficient (Wildman–Crippen LogP) is 4.85. The Labute approximate surface area is 174 Å². The fourth-order valence-corrected chi connectivity index (χ4v) is 3.95. The molecule has 0 radical (unpaired) electrons. The molecule has 0 aliphatic carbocycles. The van der Waals surface area contributed by atoms with Gasteiger partial charge in [-0.1, -0.05) is 25.1 Å². The fourth-order valence-electron chi connectivity index (χ4n) is 2.54. The minimum Gasteiger partial charge on any atom is -0.488 e. The van der Waals surface area contributed by atoms with Gasteiger partial charge in [0.1, 0.15) is 11.3 Å². The van der Waals surface area contributed by atoms with E-state index in [2.05, 4.69) is 37.3 Å². The van der Waals surface area contributed by atoms with Gasteiger partial charge in [0.15, 0.2) is 0 Å². The summed E-state index contributed by atoms with van der Waals surface area (Å²) in [6.07, 6.45) is 2.53. The molecule has 1 saturated heterocycles. The van der Waals surface area contributed by atoms with Crippen LogP contribution >= 0.6 is 31.9 Å². The summed E-state index contributed by atoms with van der Waals surface area (Å²) in [5.74, 6) is -0.131. The average Bonchev–Trinajstić information content (AvgIpc) is 2.93. The summed E-state index contributed by atoms with van der Waals surface area (Å²) in [4.78, 5) is 25.0. The maximum atomic E-state index is 12.7. The van der Waals surface area contributed by atoms with Gasteiger partial charge in [-0.15, -0.1) is 0 Å². The second-order valence-corrected chi connectivity index (χ2v) is 7.83. The van der Waals surface area contributed by atoms with E-state index in [0.29, 0.717) is 17.0 Å². The molecule has 0 spiro atoms. The van der Waals surface area contributed by atoms with Gasteiger partial charge in [-0.25, -0.2) is 5.01 Å². The molecule has 1 heterocycles. The van der Waals surface area contributed by atoms with Crippen LogP contribution in [0.25, 0.3) is 6.08 Å². The summed E-state index contributed by atoms with van der Waals surface area (Å²) in [5.41, 5.74) is 3.99. The summed E-state index contributed by atoms with van der Waals surface area (Å²) < 4.78 is 7.39. The van der Waals surface area contributed by atoms with Gasteiger partial charge in [-0.05, 0) is 81.1 Å². The van der Waals surface area contributed by atoms with E-state index >= 15 is 0 Å². The van der Waals surface area contributed by atoms with E-state index in [9.17, 15) is 9.59 Å². The second-order valence-electron chi connectivity index (χ2n) is 6.13. The third-order valence-electron chi connectivity index (χ3n) is 4.13. The first-order valence-corrected chi connectivity index (χ1v) is 10.1. The number of rotatable bonds is 5. The smallest absolute Gasteiger partial charge is 0.282 e. The number of amides is 2. The van der Waals surface area contributed by atoms with E-state index < -0.39 is 11.8 Å². The van der Waals surface area contributed by atoms with Gasteiger partial charge in [0.2, 0.25) is 0 Å². The quantitative estimate of drug-likeness (QED) is 0.478. The number of ether oxygens (including phenoxy) is 1. The highest BCUT2D eigenvalue weighted by molar-refractivity contribution is 9.11. The Morgan fingerprint density at radius 3 is 2.37 bits per heavy atom. The van der Waals surface area contributed by atoms with Gasteiger partial charge in [-0.2, -0.15) is 0 Å². The fraction of sp³-hybridized carbons (Fsp3) is 0.200. The molecule has 1 aliphatic rings. The molecule has 0 saturated carbocycles. The Hall–Kier alpha value is -2.12. The summed E-state index contributed by atoms with van der Waals surface area (Å²) in [6, 6.07) is 12.6. The zero-order valence-electron chi connectivity index (χ0n) is 14.8. The normalized spacial score (nSPS) is 16.6. The van der Waals surface area contributed by atoms with Crippen molar-refractivity contribution in [1.82, 2.24) is 5.43 Å². The number of para-hydroxylation sites is 1. The molecule has 3 rings (SSSR count). The number of carbonyl (C=O) groups excluding carboxylic acids is 2. The largest absolute Gasteiger partial charge is 0.488 e. The Morgan fingerprint density at radius 2 is 1.78 bits per heavy atom. The van der Waals surface area contributed by atoms with E-state index in [-0.39, 0.29) is 11.7 Å². The number of anilines is 1. The lowest BCUT2D eigenvalue weighted by Gasteiger charge is -2.16. The van der Waals surface area contributed by atoms with Crippen molar-refractivity contribution in [3.8, 4) is 5.75 Å². The van der Waals surface area contributed by atoms with Gasteiger partial charge in [0.25, 0.3) is 11.8 Å². The van der Waals surface area contributed by atoms with Crippen LogP contribution in [0.5, 0.6) is 5.75 Å². The molecule has 1 N–H and O–H groups in total. The van der Waals surface area contributed by atoms with Gasteiger partial charge in [-0.3, -0.25) is 15.0 Å². The molecule has 2 aromatic carbocycles. The molecule has 7 heteroatoms. The standard InChI is InChI=1S/C20H18Br2N2O3/c1-3-12(2)27-18-16(21)10-13(11-17(18)22)9-15-19(25)23-24(20(15)26)14-7-5-4-6-8-14/h4-12H,3H2,1-2H3,(H,23,25)/b15-9-/t12-/m0/s1. The molecule has 1 atom stereocenters. The van der Waals surface area contributed by atoms with Crippen molar-refractivity contribution in [3.05, 3.63) is 62.5 Å². The number of hydrogen-bond acceptors (Lipinski definition) is 3. The lowest BCUT2D eigenvalue weighted by molar-refractivity contribution is -0.117. The van der Waals surface area contributed by atoms with Crippen molar-refractivity contribution in [2.75, 3.05) is 5.01 Å².